The second-order valence-corrected chi connectivity index (χ2v) is 16.4. The second-order valence-electron chi connectivity index (χ2n) is 16.4. The maximum absolute atomic E-state index is 6.58. The molecule has 2 aromatic heterocycles. The van der Waals surface area contributed by atoms with Gasteiger partial charge in [-0.2, -0.15) is 0 Å². The van der Waals surface area contributed by atoms with E-state index in [1.807, 2.05) is 12.1 Å². The summed E-state index contributed by atoms with van der Waals surface area (Å²) in [6.45, 7) is 0. The molecule has 0 amide bonds. The highest BCUT2D eigenvalue weighted by Gasteiger charge is 2.46. The van der Waals surface area contributed by atoms with E-state index in [9.17, 15) is 0 Å². The molecule has 0 radical (unpaired) electrons. The Morgan fingerprint density at radius 3 is 1.79 bits per heavy atom. The minimum absolute atomic E-state index is 0.546. The number of furan rings is 2. The Kier molecular flexibility index (Phi) is 7.52. The van der Waals surface area contributed by atoms with E-state index in [4.69, 9.17) is 8.83 Å². The quantitative estimate of drug-likeness (QED) is 0.168. The summed E-state index contributed by atoms with van der Waals surface area (Å²) in [5, 5.41) is 6.71. The monoisotopic (exact) mass is 791 g/mol. The molecule has 290 valence electrons. The number of benzene rings is 10. The van der Waals surface area contributed by atoms with Crippen molar-refractivity contribution in [3.8, 4) is 22.3 Å². The van der Waals surface area contributed by atoms with Gasteiger partial charge in [0.2, 0.25) is 0 Å². The molecule has 0 saturated carbocycles. The third-order valence-corrected chi connectivity index (χ3v) is 13.1. The highest BCUT2D eigenvalue weighted by molar-refractivity contribution is 6.16. The van der Waals surface area contributed by atoms with Crippen molar-refractivity contribution < 1.29 is 8.83 Å². The van der Waals surface area contributed by atoms with Gasteiger partial charge in [-0.1, -0.05) is 164 Å². The smallest absolute Gasteiger partial charge is 0.143 e. The van der Waals surface area contributed by atoms with Crippen molar-refractivity contribution in [3.05, 3.63) is 247 Å². The first-order chi connectivity index (χ1) is 30.7. The van der Waals surface area contributed by atoms with Crippen LogP contribution in [0.5, 0.6) is 0 Å². The van der Waals surface area contributed by atoms with Crippen LogP contribution in [0.1, 0.15) is 22.3 Å². The number of para-hydroxylation sites is 2. The topological polar surface area (TPSA) is 29.5 Å². The normalized spacial score (nSPS) is 13.0. The number of fused-ring (bicyclic) bond motifs is 11. The lowest BCUT2D eigenvalue weighted by atomic mass is 9.67. The van der Waals surface area contributed by atoms with Gasteiger partial charge in [0.15, 0.2) is 0 Å². The molecule has 0 fully saturated rings. The molecule has 62 heavy (non-hydrogen) atoms. The molecule has 0 saturated heterocycles. The van der Waals surface area contributed by atoms with Crippen LogP contribution in [0.2, 0.25) is 0 Å². The van der Waals surface area contributed by atoms with Crippen molar-refractivity contribution in [1.82, 2.24) is 0 Å². The van der Waals surface area contributed by atoms with Crippen molar-refractivity contribution in [1.29, 1.82) is 0 Å². The van der Waals surface area contributed by atoms with Crippen molar-refractivity contribution >= 4 is 71.7 Å². The molecule has 12 aromatic rings. The lowest BCUT2D eigenvalue weighted by Gasteiger charge is -2.35. The number of hydrogen-bond acceptors (Lipinski definition) is 3. The molecular weight excluding hydrogens is 755 g/mol. The summed E-state index contributed by atoms with van der Waals surface area (Å²) in [4.78, 5) is 2.41. The maximum atomic E-state index is 6.58. The molecule has 10 aromatic carbocycles. The van der Waals surface area contributed by atoms with Gasteiger partial charge in [0, 0.05) is 49.9 Å². The molecule has 0 unspecified atom stereocenters. The van der Waals surface area contributed by atoms with Crippen LogP contribution in [0.3, 0.4) is 0 Å². The van der Waals surface area contributed by atoms with Crippen LogP contribution >= 0.6 is 0 Å². The van der Waals surface area contributed by atoms with E-state index in [2.05, 4.69) is 217 Å². The zero-order valence-electron chi connectivity index (χ0n) is 33.6. The van der Waals surface area contributed by atoms with Gasteiger partial charge in [-0.25, -0.2) is 0 Å². The van der Waals surface area contributed by atoms with Crippen LogP contribution in [0.4, 0.5) is 17.1 Å². The van der Waals surface area contributed by atoms with Crippen LogP contribution in [0.15, 0.2) is 233 Å². The Balaban J connectivity index is 1.07. The molecule has 3 heteroatoms. The van der Waals surface area contributed by atoms with Crippen LogP contribution < -0.4 is 4.90 Å². The minimum Gasteiger partial charge on any atom is -0.456 e. The average Bonchev–Trinajstić information content (AvgIpc) is 4.00. The second kappa shape index (κ2) is 13.4. The minimum atomic E-state index is -0.546. The fourth-order valence-corrected chi connectivity index (χ4v) is 10.4. The van der Waals surface area contributed by atoms with E-state index in [1.165, 1.54) is 38.8 Å². The maximum Gasteiger partial charge on any atom is 0.143 e. The van der Waals surface area contributed by atoms with Gasteiger partial charge in [0.05, 0.1) is 11.1 Å². The summed E-state index contributed by atoms with van der Waals surface area (Å²) in [5.74, 6) is 0. The van der Waals surface area contributed by atoms with Crippen molar-refractivity contribution in [3.63, 3.8) is 0 Å². The fraction of sp³-hybridized carbons (Fsp3) is 0.0169. The molecule has 1 aliphatic carbocycles. The lowest BCUT2D eigenvalue weighted by molar-refractivity contribution is 0.669. The van der Waals surface area contributed by atoms with E-state index >= 15 is 0 Å². The van der Waals surface area contributed by atoms with Crippen LogP contribution in [-0.2, 0) is 5.41 Å². The van der Waals surface area contributed by atoms with Gasteiger partial charge in [0.1, 0.15) is 22.3 Å². The summed E-state index contributed by atoms with van der Waals surface area (Å²) in [6.07, 6.45) is 0. The zero-order valence-corrected chi connectivity index (χ0v) is 33.6. The van der Waals surface area contributed by atoms with Crippen molar-refractivity contribution in [2.24, 2.45) is 0 Å². The molecule has 0 aliphatic heterocycles. The predicted molar refractivity (Wildman–Crippen MR) is 256 cm³/mol. The number of rotatable bonds is 6. The summed E-state index contributed by atoms with van der Waals surface area (Å²) in [6, 6.07) is 81.2. The first-order valence-electron chi connectivity index (χ1n) is 21.2. The number of anilines is 3. The van der Waals surface area contributed by atoms with Gasteiger partial charge < -0.3 is 13.7 Å². The third kappa shape index (κ3) is 5.00. The van der Waals surface area contributed by atoms with Gasteiger partial charge >= 0.3 is 0 Å². The van der Waals surface area contributed by atoms with E-state index in [0.717, 1.165) is 77.5 Å². The van der Waals surface area contributed by atoms with E-state index in [1.54, 1.807) is 0 Å². The van der Waals surface area contributed by atoms with Gasteiger partial charge in [-0.05, 0) is 98.9 Å². The molecule has 0 N–H and O–H groups in total. The van der Waals surface area contributed by atoms with E-state index < -0.39 is 5.41 Å². The summed E-state index contributed by atoms with van der Waals surface area (Å²) >= 11 is 0. The molecule has 3 nitrogen and oxygen atoms in total. The Bertz CT molecular complexity index is 3670. The molecule has 0 bridgehead atoms. The molecular formula is C59H37NO2. The third-order valence-electron chi connectivity index (χ3n) is 13.1. The molecule has 0 spiro atoms. The van der Waals surface area contributed by atoms with Gasteiger partial charge in [0.25, 0.3) is 0 Å². The van der Waals surface area contributed by atoms with Crippen LogP contribution in [-0.4, -0.2) is 0 Å². The van der Waals surface area contributed by atoms with E-state index in [0.29, 0.717) is 0 Å². The molecule has 13 rings (SSSR count). The van der Waals surface area contributed by atoms with Crippen molar-refractivity contribution in [2.45, 2.75) is 5.41 Å². The molecule has 1 aliphatic rings. The first kappa shape index (κ1) is 34.7. The van der Waals surface area contributed by atoms with Crippen LogP contribution in [0.25, 0.3) is 76.9 Å². The number of hydrogen-bond donors (Lipinski definition) is 0. The highest BCUT2D eigenvalue weighted by atomic mass is 16.3. The standard InChI is InChI=1S/C59H37NO2/c1-3-16-40(17-4-1)59(41-18-5-2-6-19-41)52-24-12-9-22-46(52)47-32-29-42(36-53(47)59)60(43-30-33-49-48-23-11-14-26-55(48)61-57(49)37-43)54-25-13-10-20-44(54)39-28-34-56-51(35-39)50-31-27-38-15-7-8-21-45(38)58(50)62-56/h1-37H. The summed E-state index contributed by atoms with van der Waals surface area (Å²) < 4.78 is 13.1. The summed E-state index contributed by atoms with van der Waals surface area (Å²) in [7, 11) is 0. The van der Waals surface area contributed by atoms with Crippen molar-refractivity contribution in [2.75, 3.05) is 4.90 Å². The lowest BCUT2D eigenvalue weighted by Crippen LogP contribution is -2.28. The van der Waals surface area contributed by atoms with Gasteiger partial charge in [-0.3, -0.25) is 0 Å². The Morgan fingerprint density at radius 1 is 0.339 bits per heavy atom. The summed E-state index contributed by atoms with van der Waals surface area (Å²) in [5.41, 5.74) is 15.8. The zero-order chi connectivity index (χ0) is 40.8. The van der Waals surface area contributed by atoms with Crippen LogP contribution in [0, 0.1) is 0 Å². The Morgan fingerprint density at radius 2 is 0.952 bits per heavy atom. The predicted octanol–water partition coefficient (Wildman–Crippen LogP) is 16.1. The molecule has 2 heterocycles. The van der Waals surface area contributed by atoms with Gasteiger partial charge in [-0.15, -0.1) is 0 Å². The highest BCUT2D eigenvalue weighted by Crippen LogP contribution is 2.57. The SMILES string of the molecule is c1ccc(C2(c3ccccc3)c3ccccc3-c3ccc(N(c4ccc5c(c4)oc4ccccc45)c4ccccc4-c4ccc5oc6c7ccccc7ccc6c5c4)cc32)cc1. The Labute approximate surface area is 358 Å². The molecule has 0 atom stereocenters. The van der Waals surface area contributed by atoms with E-state index in [-0.39, 0.29) is 0 Å². The first-order valence-corrected chi connectivity index (χ1v) is 21.2. The fourth-order valence-electron chi connectivity index (χ4n) is 10.4. The largest absolute Gasteiger partial charge is 0.456 e. The number of nitrogens with zero attached hydrogens (tertiary/aromatic N) is 1. The average molecular weight is 792 g/mol. The Hall–Kier alpha value is -8.14.